The molecule has 1 aliphatic rings. The van der Waals surface area contributed by atoms with Crippen LogP contribution in [0.5, 0.6) is 0 Å². The van der Waals surface area contributed by atoms with E-state index in [1.54, 1.807) is 0 Å². The second-order valence-corrected chi connectivity index (χ2v) is 3.19. The van der Waals surface area contributed by atoms with Crippen molar-refractivity contribution in [1.29, 1.82) is 0 Å². The Morgan fingerprint density at radius 3 is 2.50 bits per heavy atom. The number of rotatable bonds is 3. The van der Waals surface area contributed by atoms with Crippen LogP contribution < -0.4 is 5.32 Å². The smallest absolute Gasteiger partial charge is 0.307 e. The Hall–Kier alpha value is -1.59. The van der Waals surface area contributed by atoms with Crippen molar-refractivity contribution < 1.29 is 24.2 Å². The van der Waals surface area contributed by atoms with E-state index in [2.05, 4.69) is 5.32 Å². The first-order valence-corrected chi connectivity index (χ1v) is 4.14. The van der Waals surface area contributed by atoms with E-state index in [-0.39, 0.29) is 0 Å². The summed E-state index contributed by atoms with van der Waals surface area (Å²) in [6.07, 6.45) is -0.800. The van der Waals surface area contributed by atoms with Gasteiger partial charge in [-0.1, -0.05) is 6.92 Å². The molecule has 1 saturated heterocycles. The van der Waals surface area contributed by atoms with E-state index in [4.69, 9.17) is 9.84 Å². The third-order valence-corrected chi connectivity index (χ3v) is 2.13. The SMILES string of the molecule is CC(=O)OC1NC(=O)C1C(C)C(=O)O. The number of carbonyl (C=O) groups excluding carboxylic acids is 2. The van der Waals surface area contributed by atoms with E-state index in [1.807, 2.05) is 0 Å². The maximum absolute atomic E-state index is 11.0. The zero-order valence-electron chi connectivity index (χ0n) is 7.81. The molecule has 1 heterocycles. The Bertz CT molecular complexity index is 287. The maximum Gasteiger partial charge on any atom is 0.307 e. The van der Waals surface area contributed by atoms with Crippen LogP contribution >= 0.6 is 0 Å². The highest BCUT2D eigenvalue weighted by Gasteiger charge is 2.47. The lowest BCUT2D eigenvalue weighted by Crippen LogP contribution is -2.63. The molecule has 0 spiro atoms. The first-order chi connectivity index (χ1) is 6.43. The molecular weight excluding hydrogens is 190 g/mol. The molecule has 3 atom stereocenters. The van der Waals surface area contributed by atoms with Gasteiger partial charge < -0.3 is 15.2 Å². The van der Waals surface area contributed by atoms with Crippen molar-refractivity contribution in [2.24, 2.45) is 11.8 Å². The van der Waals surface area contributed by atoms with Gasteiger partial charge in [0.05, 0.1) is 5.92 Å². The van der Waals surface area contributed by atoms with E-state index in [0.717, 1.165) is 0 Å². The average Bonchev–Trinajstić information content (AvgIpc) is 2.01. The molecule has 1 aliphatic heterocycles. The van der Waals surface area contributed by atoms with Crippen molar-refractivity contribution in [1.82, 2.24) is 5.32 Å². The summed E-state index contributed by atoms with van der Waals surface area (Å²) in [5.74, 6) is -3.66. The average molecular weight is 201 g/mol. The van der Waals surface area contributed by atoms with Gasteiger partial charge in [0.2, 0.25) is 5.91 Å². The molecule has 1 rings (SSSR count). The Morgan fingerprint density at radius 2 is 2.14 bits per heavy atom. The number of amides is 1. The van der Waals surface area contributed by atoms with Gasteiger partial charge in [0, 0.05) is 6.92 Å². The second-order valence-electron chi connectivity index (χ2n) is 3.19. The molecule has 78 valence electrons. The number of β-lactam (4-membered cyclic amide) rings is 1. The number of carboxylic acids is 1. The number of carbonyl (C=O) groups is 3. The van der Waals surface area contributed by atoms with Crippen LogP contribution in [0.3, 0.4) is 0 Å². The molecule has 14 heavy (non-hydrogen) atoms. The van der Waals surface area contributed by atoms with Crippen molar-refractivity contribution in [2.45, 2.75) is 20.1 Å². The van der Waals surface area contributed by atoms with Crippen LogP contribution in [0.15, 0.2) is 0 Å². The molecule has 0 saturated carbocycles. The van der Waals surface area contributed by atoms with E-state index in [9.17, 15) is 14.4 Å². The fourth-order valence-electron chi connectivity index (χ4n) is 1.29. The summed E-state index contributed by atoms with van der Waals surface area (Å²) in [6, 6.07) is 0. The number of ether oxygens (including phenoxy) is 1. The van der Waals surface area contributed by atoms with E-state index < -0.39 is 35.9 Å². The Kier molecular flexibility index (Phi) is 2.73. The van der Waals surface area contributed by atoms with Crippen molar-refractivity contribution in [3.8, 4) is 0 Å². The fourth-order valence-corrected chi connectivity index (χ4v) is 1.29. The van der Waals surface area contributed by atoms with Gasteiger partial charge in [-0.3, -0.25) is 14.4 Å². The maximum atomic E-state index is 11.0. The van der Waals surface area contributed by atoms with E-state index in [1.165, 1.54) is 13.8 Å². The Balaban J connectivity index is 2.61. The first-order valence-electron chi connectivity index (χ1n) is 4.14. The van der Waals surface area contributed by atoms with Gasteiger partial charge in [0.25, 0.3) is 0 Å². The van der Waals surface area contributed by atoms with Crippen LogP contribution in [0.25, 0.3) is 0 Å². The minimum Gasteiger partial charge on any atom is -0.481 e. The van der Waals surface area contributed by atoms with Gasteiger partial charge in [0.15, 0.2) is 6.23 Å². The molecule has 6 heteroatoms. The number of aliphatic carboxylic acids is 1. The largest absolute Gasteiger partial charge is 0.481 e. The molecule has 0 aromatic heterocycles. The van der Waals surface area contributed by atoms with Crippen LogP contribution in [0.2, 0.25) is 0 Å². The third kappa shape index (κ3) is 1.84. The predicted octanol–water partition coefficient (Wildman–Crippen LogP) is -0.658. The van der Waals surface area contributed by atoms with Gasteiger partial charge in [0.1, 0.15) is 5.92 Å². The Morgan fingerprint density at radius 1 is 1.57 bits per heavy atom. The number of esters is 1. The molecular formula is C8H11NO5. The lowest BCUT2D eigenvalue weighted by Gasteiger charge is -2.37. The normalized spacial score (nSPS) is 27.1. The monoisotopic (exact) mass is 201 g/mol. The summed E-state index contributed by atoms with van der Waals surface area (Å²) in [6.45, 7) is 2.61. The van der Waals surface area contributed by atoms with E-state index >= 15 is 0 Å². The highest BCUT2D eigenvalue weighted by molar-refractivity contribution is 5.90. The third-order valence-electron chi connectivity index (χ3n) is 2.13. The van der Waals surface area contributed by atoms with Crippen LogP contribution in [0.4, 0.5) is 0 Å². The lowest BCUT2D eigenvalue weighted by molar-refractivity contribution is -0.175. The number of carboxylic acid groups (broad SMARTS) is 1. The van der Waals surface area contributed by atoms with Crippen molar-refractivity contribution in [2.75, 3.05) is 0 Å². The molecule has 6 nitrogen and oxygen atoms in total. The summed E-state index contributed by atoms with van der Waals surface area (Å²) in [5.41, 5.74) is 0. The molecule has 0 bridgehead atoms. The number of hydrogen-bond acceptors (Lipinski definition) is 4. The predicted molar refractivity (Wildman–Crippen MR) is 44.0 cm³/mol. The highest BCUT2D eigenvalue weighted by Crippen LogP contribution is 2.25. The summed E-state index contributed by atoms with van der Waals surface area (Å²) in [4.78, 5) is 32.2. The van der Waals surface area contributed by atoms with Gasteiger partial charge >= 0.3 is 11.9 Å². The molecule has 2 N–H and O–H groups in total. The minimum absolute atomic E-state index is 0.397. The summed E-state index contributed by atoms with van der Waals surface area (Å²) < 4.78 is 4.71. The highest BCUT2D eigenvalue weighted by atomic mass is 16.6. The van der Waals surface area contributed by atoms with Crippen molar-refractivity contribution in [3.05, 3.63) is 0 Å². The minimum atomic E-state index is -1.08. The Labute approximate surface area is 80.2 Å². The van der Waals surface area contributed by atoms with Gasteiger partial charge in [-0.15, -0.1) is 0 Å². The van der Waals surface area contributed by atoms with Crippen LogP contribution in [-0.2, 0) is 19.1 Å². The van der Waals surface area contributed by atoms with Crippen LogP contribution in [-0.4, -0.2) is 29.2 Å². The van der Waals surface area contributed by atoms with Crippen molar-refractivity contribution in [3.63, 3.8) is 0 Å². The second kappa shape index (κ2) is 3.65. The summed E-state index contributed by atoms with van der Waals surface area (Å²) in [7, 11) is 0. The number of nitrogens with one attached hydrogen (secondary N) is 1. The standard InChI is InChI=1S/C8H11NO5/c1-3(8(12)13)5-6(11)9-7(5)14-4(2)10/h3,5,7H,1-2H3,(H,9,11)(H,12,13). The van der Waals surface area contributed by atoms with Gasteiger partial charge in [-0.05, 0) is 0 Å². The molecule has 0 radical (unpaired) electrons. The van der Waals surface area contributed by atoms with Gasteiger partial charge in [-0.2, -0.15) is 0 Å². The molecule has 1 amide bonds. The zero-order chi connectivity index (χ0) is 10.9. The van der Waals surface area contributed by atoms with Crippen LogP contribution in [0, 0.1) is 11.8 Å². The zero-order valence-corrected chi connectivity index (χ0v) is 7.81. The summed E-state index contributed by atoms with van der Waals surface area (Å²) in [5, 5.41) is 11.0. The quantitative estimate of drug-likeness (QED) is 0.467. The number of hydrogen-bond donors (Lipinski definition) is 2. The first kappa shape index (κ1) is 10.5. The van der Waals surface area contributed by atoms with Crippen molar-refractivity contribution >= 4 is 17.8 Å². The lowest BCUT2D eigenvalue weighted by atomic mass is 9.86. The summed E-state index contributed by atoms with van der Waals surface area (Å²) >= 11 is 0. The van der Waals surface area contributed by atoms with Crippen LogP contribution in [0.1, 0.15) is 13.8 Å². The molecule has 3 unspecified atom stereocenters. The molecule has 0 aromatic rings. The fraction of sp³-hybridized carbons (Fsp3) is 0.625. The molecule has 0 aromatic carbocycles. The topological polar surface area (TPSA) is 92.7 Å². The van der Waals surface area contributed by atoms with E-state index in [0.29, 0.717) is 0 Å². The molecule has 1 fully saturated rings. The van der Waals surface area contributed by atoms with Gasteiger partial charge in [-0.25, -0.2) is 0 Å². The molecule has 0 aliphatic carbocycles.